The first kappa shape index (κ1) is 12.9. The first-order valence-corrected chi connectivity index (χ1v) is 6.50. The molecule has 1 aromatic rings. The van der Waals surface area contributed by atoms with Crippen LogP contribution in [0.25, 0.3) is 0 Å². The molecule has 4 heteroatoms. The lowest BCUT2D eigenvalue weighted by atomic mass is 9.97. The van der Waals surface area contributed by atoms with E-state index in [0.29, 0.717) is 12.0 Å². The maximum absolute atomic E-state index is 10.7. The lowest BCUT2D eigenvalue weighted by Crippen LogP contribution is -2.24. The van der Waals surface area contributed by atoms with Crippen molar-refractivity contribution in [3.8, 4) is 0 Å². The van der Waals surface area contributed by atoms with Crippen molar-refractivity contribution in [1.82, 2.24) is 0 Å². The van der Waals surface area contributed by atoms with Crippen LogP contribution in [-0.4, -0.2) is 11.0 Å². The van der Waals surface area contributed by atoms with Crippen LogP contribution >= 0.6 is 0 Å². The minimum Gasteiger partial charge on any atom is -0.382 e. The third-order valence-electron chi connectivity index (χ3n) is 4.23. The third-order valence-corrected chi connectivity index (χ3v) is 4.23. The highest BCUT2D eigenvalue weighted by Gasteiger charge is 2.29. The van der Waals surface area contributed by atoms with Crippen molar-refractivity contribution in [3.05, 3.63) is 33.9 Å². The van der Waals surface area contributed by atoms with E-state index in [1.807, 2.05) is 13.0 Å². The predicted octanol–water partition coefficient (Wildman–Crippen LogP) is 3.75. The summed E-state index contributed by atoms with van der Waals surface area (Å²) in [6.45, 7) is 6.48. The zero-order valence-corrected chi connectivity index (χ0v) is 11.1. The number of aryl methyl sites for hydroxylation is 1. The molecule has 98 valence electrons. The summed E-state index contributed by atoms with van der Waals surface area (Å²) >= 11 is 0. The van der Waals surface area contributed by atoms with Gasteiger partial charge in [-0.25, -0.2) is 0 Å². The van der Waals surface area contributed by atoms with Crippen molar-refractivity contribution in [2.24, 2.45) is 11.8 Å². The van der Waals surface area contributed by atoms with Gasteiger partial charge < -0.3 is 5.32 Å². The number of nitrogens with zero attached hydrogens (tertiary/aromatic N) is 1. The highest BCUT2D eigenvalue weighted by atomic mass is 16.6. The van der Waals surface area contributed by atoms with Crippen LogP contribution in [0.5, 0.6) is 0 Å². The van der Waals surface area contributed by atoms with Gasteiger partial charge in [0, 0.05) is 23.9 Å². The van der Waals surface area contributed by atoms with E-state index in [4.69, 9.17) is 0 Å². The molecule has 0 aliphatic heterocycles. The summed E-state index contributed by atoms with van der Waals surface area (Å²) in [5, 5.41) is 14.2. The van der Waals surface area contributed by atoms with Gasteiger partial charge in [-0.3, -0.25) is 10.1 Å². The summed E-state index contributed by atoms with van der Waals surface area (Å²) in [5.74, 6) is 1.40. The number of rotatable bonds is 3. The van der Waals surface area contributed by atoms with Crippen LogP contribution in [0.2, 0.25) is 0 Å². The Morgan fingerprint density at radius 2 is 2.06 bits per heavy atom. The Hall–Kier alpha value is -1.58. The van der Waals surface area contributed by atoms with Gasteiger partial charge in [0.25, 0.3) is 5.69 Å². The van der Waals surface area contributed by atoms with Crippen LogP contribution in [-0.2, 0) is 0 Å². The highest BCUT2D eigenvalue weighted by Crippen LogP contribution is 2.34. The quantitative estimate of drug-likeness (QED) is 0.654. The maximum Gasteiger partial charge on any atom is 0.269 e. The van der Waals surface area contributed by atoms with Crippen LogP contribution in [0.15, 0.2) is 18.2 Å². The Kier molecular flexibility index (Phi) is 3.55. The first-order chi connectivity index (χ1) is 8.49. The van der Waals surface area contributed by atoms with Gasteiger partial charge in [0.1, 0.15) is 0 Å². The Morgan fingerprint density at radius 1 is 1.33 bits per heavy atom. The summed E-state index contributed by atoms with van der Waals surface area (Å²) in [7, 11) is 0. The third kappa shape index (κ3) is 2.47. The fourth-order valence-corrected chi connectivity index (χ4v) is 2.69. The van der Waals surface area contributed by atoms with Gasteiger partial charge in [-0.15, -0.1) is 0 Å². The van der Waals surface area contributed by atoms with Gasteiger partial charge in [0.15, 0.2) is 0 Å². The zero-order valence-electron chi connectivity index (χ0n) is 11.1. The fraction of sp³-hybridized carbons (Fsp3) is 0.571. The Balaban J connectivity index is 2.13. The Morgan fingerprint density at radius 3 is 2.56 bits per heavy atom. The predicted molar refractivity (Wildman–Crippen MR) is 72.8 cm³/mol. The molecule has 0 radical (unpaired) electrons. The smallest absolute Gasteiger partial charge is 0.269 e. The minimum absolute atomic E-state index is 0.158. The van der Waals surface area contributed by atoms with Gasteiger partial charge in [-0.05, 0) is 43.2 Å². The van der Waals surface area contributed by atoms with E-state index in [2.05, 4.69) is 19.2 Å². The molecule has 0 saturated heterocycles. The van der Waals surface area contributed by atoms with Gasteiger partial charge in [-0.2, -0.15) is 0 Å². The number of benzene rings is 1. The number of nitro benzene ring substituents is 1. The average Bonchev–Trinajstić information content (AvgIpc) is 2.63. The van der Waals surface area contributed by atoms with Crippen LogP contribution in [0.3, 0.4) is 0 Å². The van der Waals surface area contributed by atoms with E-state index >= 15 is 0 Å². The summed E-state index contributed by atoms with van der Waals surface area (Å²) in [6, 6.07) is 5.51. The molecular weight excluding hydrogens is 228 g/mol. The topological polar surface area (TPSA) is 55.2 Å². The summed E-state index contributed by atoms with van der Waals surface area (Å²) in [6.07, 6.45) is 2.43. The van der Waals surface area contributed by atoms with Crippen molar-refractivity contribution < 1.29 is 4.92 Å². The number of non-ortho nitro benzene ring substituents is 1. The molecule has 1 aliphatic carbocycles. The molecule has 1 fully saturated rings. The first-order valence-electron chi connectivity index (χ1n) is 6.50. The maximum atomic E-state index is 10.7. The molecule has 0 heterocycles. The molecule has 4 nitrogen and oxygen atoms in total. The monoisotopic (exact) mass is 248 g/mol. The molecule has 1 aromatic carbocycles. The zero-order chi connectivity index (χ0) is 13.3. The lowest BCUT2D eigenvalue weighted by molar-refractivity contribution is -0.384. The summed E-state index contributed by atoms with van der Waals surface area (Å²) in [4.78, 5) is 10.3. The number of hydrogen-bond donors (Lipinski definition) is 1. The van der Waals surface area contributed by atoms with E-state index in [1.165, 1.54) is 12.8 Å². The van der Waals surface area contributed by atoms with Crippen molar-refractivity contribution in [2.45, 2.75) is 39.7 Å². The van der Waals surface area contributed by atoms with Crippen LogP contribution in [0.1, 0.15) is 32.3 Å². The summed E-state index contributed by atoms with van der Waals surface area (Å²) in [5.41, 5.74) is 2.12. The second kappa shape index (κ2) is 4.96. The normalized spacial score (nSPS) is 27.2. The van der Waals surface area contributed by atoms with Gasteiger partial charge in [-0.1, -0.05) is 13.8 Å². The van der Waals surface area contributed by atoms with Crippen molar-refractivity contribution in [2.75, 3.05) is 5.32 Å². The lowest BCUT2D eigenvalue weighted by Gasteiger charge is -2.21. The molecule has 0 spiro atoms. The highest BCUT2D eigenvalue weighted by molar-refractivity contribution is 5.56. The average molecular weight is 248 g/mol. The van der Waals surface area contributed by atoms with Crippen molar-refractivity contribution >= 4 is 11.4 Å². The van der Waals surface area contributed by atoms with Crippen LogP contribution in [0.4, 0.5) is 11.4 Å². The number of nitrogens with one attached hydrogen (secondary N) is 1. The SMILES string of the molecule is Cc1cc([N+](=O)[O-])ccc1NC1CCC(C)C1C. The van der Waals surface area contributed by atoms with Gasteiger partial charge >= 0.3 is 0 Å². The molecular formula is C14H20N2O2. The molecule has 0 amide bonds. The standard InChI is InChI=1S/C14H20N2O2/c1-9-4-6-14(11(9)3)15-13-7-5-12(16(17)18)8-10(13)2/h5,7-9,11,14-15H,4,6H2,1-3H3. The summed E-state index contributed by atoms with van der Waals surface area (Å²) < 4.78 is 0. The minimum atomic E-state index is -0.350. The van der Waals surface area contributed by atoms with E-state index in [1.54, 1.807) is 12.1 Å². The van der Waals surface area contributed by atoms with Gasteiger partial charge in [0.2, 0.25) is 0 Å². The van der Waals surface area contributed by atoms with Crippen molar-refractivity contribution in [3.63, 3.8) is 0 Å². The van der Waals surface area contributed by atoms with E-state index in [0.717, 1.165) is 17.2 Å². The second-order valence-electron chi connectivity index (χ2n) is 5.42. The Bertz CT molecular complexity index is 459. The molecule has 0 aromatic heterocycles. The van der Waals surface area contributed by atoms with E-state index in [-0.39, 0.29) is 10.6 Å². The van der Waals surface area contributed by atoms with E-state index in [9.17, 15) is 10.1 Å². The van der Waals surface area contributed by atoms with Crippen LogP contribution in [0, 0.1) is 28.9 Å². The molecule has 0 bridgehead atoms. The number of hydrogen-bond acceptors (Lipinski definition) is 3. The van der Waals surface area contributed by atoms with Crippen molar-refractivity contribution in [1.29, 1.82) is 0 Å². The number of anilines is 1. The Labute approximate surface area is 108 Å². The molecule has 1 saturated carbocycles. The molecule has 3 unspecified atom stereocenters. The largest absolute Gasteiger partial charge is 0.382 e. The molecule has 1 N–H and O–H groups in total. The fourth-order valence-electron chi connectivity index (χ4n) is 2.69. The van der Waals surface area contributed by atoms with Crippen LogP contribution < -0.4 is 5.32 Å². The van der Waals surface area contributed by atoms with E-state index < -0.39 is 0 Å². The molecule has 1 aliphatic rings. The van der Waals surface area contributed by atoms with Gasteiger partial charge in [0.05, 0.1) is 4.92 Å². The number of nitro groups is 1. The molecule has 3 atom stereocenters. The molecule has 18 heavy (non-hydrogen) atoms. The molecule has 2 rings (SSSR count). The second-order valence-corrected chi connectivity index (χ2v) is 5.42.